The maximum atomic E-state index is 13.5. The topological polar surface area (TPSA) is 185 Å². The molecule has 508 valence electrons. The number of carbonyl (C=O) groups is 1. The molecule has 2 heterocycles. The summed E-state index contributed by atoms with van der Waals surface area (Å²) in [7, 11) is -16.2. The van der Waals surface area contributed by atoms with Crippen LogP contribution in [0.25, 0.3) is 42.4 Å². The molecule has 8 aliphatic rings. The second kappa shape index (κ2) is 29.9. The molecule has 4 N–H and O–H groups in total. The van der Waals surface area contributed by atoms with E-state index in [9.17, 15) is 79.9 Å². The monoisotopic (exact) mass is 1620 g/mol. The van der Waals surface area contributed by atoms with Crippen LogP contribution in [0.5, 0.6) is 0 Å². The molecule has 8 bridgehead atoms. The third kappa shape index (κ3) is 16.5. The first-order valence-electron chi connectivity index (χ1n) is 30.1. The quantitative estimate of drug-likeness (QED) is 0.0252. The standard InChI is InChI=1S/2C18H13Te.C15H20F4O6S.C15H22F4O5S.BF3.FH.Na/c2*1-2-8-14(9-3-1)19-17-12-6-4-10-15(17)16-11-5-7-13-18(16)19;16-14(17,15(18,19)26(22,23)24)1-2-25-11(20)12-4-9-3-10(5-12)7-13(21,6-9)8-12;16-14(17,15(18,19)25(21,22)23)1-2-24-9-12-4-10-3-11(5-12)7-13(20,6-10)8-12;2-1(3)4;;/h2*1-13H;9-10,21H,1-8H2,(H,22,23,24);10-11,20H,1-9H2,(H,21,22,23);;1H;/q2*+1;;;;;+1/p-1. The second-order valence-electron chi connectivity index (χ2n) is 25.7. The van der Waals surface area contributed by atoms with Crippen molar-refractivity contribution in [3.8, 4) is 7.22 Å². The van der Waals surface area contributed by atoms with Crippen LogP contribution in [0.1, 0.15) is 89.9 Å². The first-order valence-corrected chi connectivity index (χ1v) is 40.0. The first kappa shape index (κ1) is 77.0. The average Bonchev–Trinajstić information content (AvgIpc) is 1.71. The molecule has 11 nitrogen and oxygen atoms in total. The van der Waals surface area contributed by atoms with Crippen LogP contribution in [-0.2, 0) is 34.5 Å². The van der Waals surface area contributed by atoms with Gasteiger partial charge in [-0.15, -0.1) is 0 Å². The molecule has 0 aliphatic heterocycles. The van der Waals surface area contributed by atoms with E-state index in [-0.39, 0.29) is 64.5 Å². The summed E-state index contributed by atoms with van der Waals surface area (Å²) in [5.74, 6) is -9.82. The van der Waals surface area contributed by atoms with E-state index in [1.165, 1.54) is 21.5 Å². The van der Waals surface area contributed by atoms with Crippen molar-refractivity contribution in [3.05, 3.63) is 158 Å². The molecule has 8 aromatic rings. The van der Waals surface area contributed by atoms with Crippen molar-refractivity contribution in [2.75, 3.05) is 19.8 Å². The van der Waals surface area contributed by atoms with E-state index in [1.54, 1.807) is 20.8 Å². The molecule has 4 unspecified atom stereocenters. The van der Waals surface area contributed by atoms with Crippen molar-refractivity contribution >= 4 is 107 Å². The molecule has 0 spiro atoms. The number of rotatable bonds is 15. The van der Waals surface area contributed by atoms with E-state index in [2.05, 4.69) is 158 Å². The Morgan fingerprint density at radius 1 is 0.484 bits per heavy atom. The molecule has 2 aromatic heterocycles. The Balaban J connectivity index is 0.000000159. The number of ether oxygens (including phenoxy) is 2. The third-order valence-corrected chi connectivity index (χ3v) is 33.9. The molecule has 6 aromatic carbocycles. The summed E-state index contributed by atoms with van der Waals surface area (Å²) in [6.45, 7) is -1.80. The maximum absolute atomic E-state index is 13.5. The van der Waals surface area contributed by atoms with Gasteiger partial charge in [0, 0.05) is 6.42 Å². The summed E-state index contributed by atoms with van der Waals surface area (Å²) in [6, 6.07) is 57.9. The van der Waals surface area contributed by atoms with Crippen molar-refractivity contribution in [1.82, 2.24) is 0 Å². The van der Waals surface area contributed by atoms with Crippen LogP contribution < -0.4 is 34.3 Å². The van der Waals surface area contributed by atoms with E-state index in [0.717, 1.165) is 38.5 Å². The van der Waals surface area contributed by atoms with Gasteiger partial charge in [0.25, 0.3) is 0 Å². The van der Waals surface area contributed by atoms with E-state index in [1.807, 2.05) is 0 Å². The molecule has 8 saturated carbocycles. The van der Waals surface area contributed by atoms with Gasteiger partial charge in [-0.2, -0.15) is 52.0 Å². The number of halogens is 12. The number of benzene rings is 6. The van der Waals surface area contributed by atoms with Crippen molar-refractivity contribution in [2.45, 2.75) is 123 Å². The number of fused-ring (bicyclic) bond motifs is 6. The summed E-state index contributed by atoms with van der Waals surface area (Å²) in [4.78, 5) is 12.4. The fourth-order valence-electron chi connectivity index (χ4n) is 15.9. The molecule has 4 atom stereocenters. The first-order chi connectivity index (χ1) is 43.6. The zero-order chi connectivity index (χ0) is 67.2. The number of esters is 1. The minimum atomic E-state index is -6.31. The molecule has 0 radical (unpaired) electrons. The Morgan fingerprint density at radius 3 is 1.12 bits per heavy atom. The van der Waals surface area contributed by atoms with Gasteiger partial charge in [-0.05, 0) is 106 Å². The van der Waals surface area contributed by atoms with E-state index >= 15 is 0 Å². The van der Waals surface area contributed by atoms with Crippen LogP contribution in [0.2, 0.25) is 0 Å². The molecule has 8 fully saturated rings. The Bertz CT molecular complexity index is 3930. The predicted molar refractivity (Wildman–Crippen MR) is 336 cm³/mol. The summed E-state index contributed by atoms with van der Waals surface area (Å²) in [5, 5.41) is 15.7. The molecule has 95 heavy (non-hydrogen) atoms. The van der Waals surface area contributed by atoms with Crippen LogP contribution in [0, 0.1) is 34.5 Å². The Hall–Kier alpha value is -3.71. The zero-order valence-corrected chi connectivity index (χ0v) is 59.5. The zero-order valence-electron chi connectivity index (χ0n) is 51.2. The van der Waals surface area contributed by atoms with E-state index in [0.29, 0.717) is 43.9 Å². The molecule has 0 saturated heterocycles. The van der Waals surface area contributed by atoms with Crippen LogP contribution >= 0.6 is 0 Å². The van der Waals surface area contributed by atoms with Crippen molar-refractivity contribution in [2.24, 2.45) is 34.5 Å². The molecule has 16 rings (SSSR count). The van der Waals surface area contributed by atoms with Crippen molar-refractivity contribution < 1.29 is 133 Å². The Labute approximate surface area is 577 Å². The molecular formula is C66H68BF12NaO11S2Te2+2. The molecule has 8 aliphatic carbocycles. The number of hydrogen-bond donors (Lipinski definition) is 4. The Morgan fingerprint density at radius 2 is 0.789 bits per heavy atom. The average molecular weight is 1620 g/mol. The van der Waals surface area contributed by atoms with Crippen molar-refractivity contribution in [3.63, 3.8) is 0 Å². The second-order valence-corrected chi connectivity index (χ2v) is 39.8. The van der Waals surface area contributed by atoms with Gasteiger partial charge in [0.05, 0.1) is 42.9 Å². The van der Waals surface area contributed by atoms with Gasteiger partial charge in [-0.1, -0.05) is 0 Å². The van der Waals surface area contributed by atoms with Crippen molar-refractivity contribution in [1.29, 1.82) is 0 Å². The number of aliphatic hydroxyl groups is 2. The molecule has 0 amide bonds. The summed E-state index contributed by atoms with van der Waals surface area (Å²) in [6.07, 6.45) is 4.54. The molecule has 29 heteroatoms. The fraction of sp³-hybridized carbons (Fsp3) is 0.439. The van der Waals surface area contributed by atoms with Crippen LogP contribution in [0.15, 0.2) is 158 Å². The van der Waals surface area contributed by atoms with Gasteiger partial charge in [-0.25, -0.2) is 0 Å². The normalized spacial score (nSPS) is 25.0. The van der Waals surface area contributed by atoms with Crippen LogP contribution in [0.3, 0.4) is 0 Å². The van der Waals surface area contributed by atoms with Gasteiger partial charge in [0.1, 0.15) is 0 Å². The van der Waals surface area contributed by atoms with E-state index in [4.69, 9.17) is 18.6 Å². The number of hydrogen-bond acceptors (Lipinski definition) is 9. The summed E-state index contributed by atoms with van der Waals surface area (Å²) in [5.41, 5.74) is -3.04. The molecular weight excluding hydrogens is 1550 g/mol. The van der Waals surface area contributed by atoms with Gasteiger partial charge in [0.15, 0.2) is 0 Å². The fourth-order valence-corrected chi connectivity index (χ4v) is 30.6. The SMILES string of the molecule is FB(F)F.O=C(OCCC(F)(F)C(F)(F)S(=O)(=O)O)C12CC3CC(CC(O)(C3)C1)C2.O=S(=O)(O)C(F)(F)C(F)(F)CCOCC12CC3CC(CC(O)(C3)C1)C2.[F-].[Na+].c1ccc(-[te+]2c3ccccc3c3ccccc32)cc1.c1ccc(-[te+]2c3ccccc3c3ccccc32)cc1. The van der Waals surface area contributed by atoms with Gasteiger partial charge in [0.2, 0.25) is 0 Å². The van der Waals surface area contributed by atoms with Gasteiger partial charge >= 0.3 is 324 Å². The summed E-state index contributed by atoms with van der Waals surface area (Å²) >= 11 is -3.19. The number of alkyl halides is 8. The van der Waals surface area contributed by atoms with Gasteiger partial charge < -0.3 is 24.4 Å². The third-order valence-electron chi connectivity index (χ3n) is 18.7. The summed E-state index contributed by atoms with van der Waals surface area (Å²) < 4.78 is 213. The minimum absolute atomic E-state index is 0. The Kier molecular flexibility index (Phi) is 24.2. The number of carbonyl (C=O) groups excluding carboxylic acids is 1. The van der Waals surface area contributed by atoms with Crippen LogP contribution in [-0.4, -0.2) is 141 Å². The van der Waals surface area contributed by atoms with Crippen LogP contribution in [0.4, 0.5) is 48.1 Å². The van der Waals surface area contributed by atoms with E-state index < -0.39 is 137 Å². The van der Waals surface area contributed by atoms with Gasteiger partial charge in [-0.3, -0.25) is 26.8 Å². The predicted octanol–water partition coefficient (Wildman–Crippen LogP) is 9.55.